The molecule has 2 amide bonds. The second-order valence-electron chi connectivity index (χ2n) is 8.16. The third-order valence-corrected chi connectivity index (χ3v) is 6.17. The Hall–Kier alpha value is -3.62. The van der Waals surface area contributed by atoms with Gasteiger partial charge in [-0.3, -0.25) is 19.7 Å². The highest BCUT2D eigenvalue weighted by atomic mass is 16.6. The standard InChI is InChI=1S/C24H29N3O6/c1-16(18-6-5-7-20(13-18)27(30)31)25(2)24(29)19-14-23(28)26(15-19)11-10-17-8-9-21(32-3)22(12-17)33-4/h5-9,12-13,16,19H,10-11,14-15H2,1-4H3. The van der Waals surface area contributed by atoms with Gasteiger partial charge in [0.25, 0.3) is 5.69 Å². The van der Waals surface area contributed by atoms with Gasteiger partial charge in [0, 0.05) is 38.7 Å². The number of nitrogens with zero attached hydrogens (tertiary/aromatic N) is 3. The highest BCUT2D eigenvalue weighted by Gasteiger charge is 2.36. The average Bonchev–Trinajstić information content (AvgIpc) is 3.21. The number of methoxy groups -OCH3 is 2. The number of rotatable bonds is 9. The molecule has 1 heterocycles. The van der Waals surface area contributed by atoms with Crippen molar-refractivity contribution in [3.63, 3.8) is 0 Å². The summed E-state index contributed by atoms with van der Waals surface area (Å²) in [7, 11) is 4.82. The molecule has 2 aromatic carbocycles. The van der Waals surface area contributed by atoms with Gasteiger partial charge >= 0.3 is 0 Å². The summed E-state index contributed by atoms with van der Waals surface area (Å²) >= 11 is 0. The Morgan fingerprint density at radius 1 is 1.21 bits per heavy atom. The fourth-order valence-corrected chi connectivity index (χ4v) is 4.05. The summed E-state index contributed by atoms with van der Waals surface area (Å²) in [5.74, 6) is 0.646. The molecule has 0 saturated carbocycles. The van der Waals surface area contributed by atoms with E-state index in [2.05, 4.69) is 0 Å². The Labute approximate surface area is 193 Å². The Bertz CT molecular complexity index is 1040. The Kier molecular flexibility index (Phi) is 7.52. The Morgan fingerprint density at radius 2 is 1.94 bits per heavy atom. The topological polar surface area (TPSA) is 102 Å². The zero-order valence-electron chi connectivity index (χ0n) is 19.3. The lowest BCUT2D eigenvalue weighted by molar-refractivity contribution is -0.384. The number of nitro benzene ring substituents is 1. The van der Waals surface area contributed by atoms with Gasteiger partial charge in [-0.2, -0.15) is 0 Å². The van der Waals surface area contributed by atoms with E-state index < -0.39 is 10.8 Å². The quantitative estimate of drug-likeness (QED) is 0.425. The van der Waals surface area contributed by atoms with Crippen molar-refractivity contribution in [2.45, 2.75) is 25.8 Å². The van der Waals surface area contributed by atoms with Gasteiger partial charge in [0.2, 0.25) is 11.8 Å². The predicted molar refractivity (Wildman–Crippen MR) is 122 cm³/mol. The number of ether oxygens (including phenoxy) is 2. The van der Waals surface area contributed by atoms with Crippen molar-refractivity contribution in [1.82, 2.24) is 9.80 Å². The van der Waals surface area contributed by atoms with E-state index in [0.717, 1.165) is 5.56 Å². The van der Waals surface area contributed by atoms with Crippen LogP contribution >= 0.6 is 0 Å². The summed E-state index contributed by atoms with van der Waals surface area (Å²) in [6.07, 6.45) is 0.795. The molecule has 0 spiro atoms. The maximum atomic E-state index is 13.1. The van der Waals surface area contributed by atoms with Crippen molar-refractivity contribution >= 4 is 17.5 Å². The Balaban J connectivity index is 1.61. The molecule has 9 heteroatoms. The molecule has 0 bridgehead atoms. The number of non-ortho nitro benzene ring substituents is 1. The van der Waals surface area contributed by atoms with Crippen LogP contribution in [0.4, 0.5) is 5.69 Å². The molecule has 1 aliphatic heterocycles. The second kappa shape index (κ2) is 10.3. The molecule has 2 aromatic rings. The van der Waals surface area contributed by atoms with E-state index in [1.54, 1.807) is 43.2 Å². The third-order valence-electron chi connectivity index (χ3n) is 6.17. The maximum Gasteiger partial charge on any atom is 0.269 e. The summed E-state index contributed by atoms with van der Waals surface area (Å²) in [6, 6.07) is 11.6. The highest BCUT2D eigenvalue weighted by molar-refractivity contribution is 5.89. The van der Waals surface area contributed by atoms with Gasteiger partial charge in [0.05, 0.1) is 31.1 Å². The minimum Gasteiger partial charge on any atom is -0.493 e. The molecule has 0 N–H and O–H groups in total. The molecule has 2 atom stereocenters. The van der Waals surface area contributed by atoms with Gasteiger partial charge in [-0.05, 0) is 36.6 Å². The molecule has 0 radical (unpaired) electrons. The minimum atomic E-state index is -0.454. The van der Waals surface area contributed by atoms with Gasteiger partial charge in [-0.15, -0.1) is 0 Å². The van der Waals surface area contributed by atoms with Gasteiger partial charge in [-0.25, -0.2) is 0 Å². The number of hydrogen-bond acceptors (Lipinski definition) is 6. The normalized spacial score (nSPS) is 16.4. The molecule has 0 aromatic heterocycles. The molecule has 2 unspecified atom stereocenters. The summed E-state index contributed by atoms with van der Waals surface area (Å²) < 4.78 is 10.6. The van der Waals surface area contributed by atoms with Crippen molar-refractivity contribution in [3.8, 4) is 11.5 Å². The predicted octanol–water partition coefficient (Wildman–Crippen LogP) is 3.22. The van der Waals surface area contributed by atoms with Gasteiger partial charge in [0.15, 0.2) is 11.5 Å². The van der Waals surface area contributed by atoms with Crippen LogP contribution in [0.1, 0.15) is 30.5 Å². The SMILES string of the molecule is COc1ccc(CCN2CC(C(=O)N(C)C(C)c3cccc([N+](=O)[O-])c3)CC2=O)cc1OC. The number of amides is 2. The van der Waals surface area contributed by atoms with Crippen molar-refractivity contribution in [2.75, 3.05) is 34.4 Å². The van der Waals surface area contributed by atoms with E-state index in [1.807, 2.05) is 25.1 Å². The molecule has 1 aliphatic rings. The van der Waals surface area contributed by atoms with Crippen molar-refractivity contribution < 1.29 is 24.0 Å². The van der Waals surface area contributed by atoms with E-state index >= 15 is 0 Å². The fourth-order valence-electron chi connectivity index (χ4n) is 4.05. The number of carbonyl (C=O) groups is 2. The maximum absolute atomic E-state index is 13.1. The zero-order chi connectivity index (χ0) is 24.1. The molecule has 1 fully saturated rings. The summed E-state index contributed by atoms with van der Waals surface area (Å²) in [6.45, 7) is 2.68. The molecule has 176 valence electrons. The van der Waals surface area contributed by atoms with Gasteiger partial charge in [-0.1, -0.05) is 18.2 Å². The van der Waals surface area contributed by atoms with Crippen LogP contribution in [0.15, 0.2) is 42.5 Å². The summed E-state index contributed by atoms with van der Waals surface area (Å²) in [5.41, 5.74) is 1.67. The van der Waals surface area contributed by atoms with Crippen LogP contribution in [0.2, 0.25) is 0 Å². The lowest BCUT2D eigenvalue weighted by Crippen LogP contribution is -2.36. The van der Waals surface area contributed by atoms with Crippen LogP contribution in [0.3, 0.4) is 0 Å². The number of nitro groups is 1. The molecule has 9 nitrogen and oxygen atoms in total. The van der Waals surface area contributed by atoms with Crippen molar-refractivity contribution in [1.29, 1.82) is 0 Å². The first-order chi connectivity index (χ1) is 15.7. The molecule has 33 heavy (non-hydrogen) atoms. The van der Waals surface area contributed by atoms with Crippen molar-refractivity contribution in [3.05, 3.63) is 63.7 Å². The number of likely N-dealkylation sites (tertiary alicyclic amines) is 1. The van der Waals surface area contributed by atoms with Crippen LogP contribution in [-0.4, -0.2) is 60.9 Å². The molecule has 0 aliphatic carbocycles. The molecular formula is C24H29N3O6. The van der Waals surface area contributed by atoms with E-state index in [9.17, 15) is 19.7 Å². The molecule has 3 rings (SSSR count). The van der Waals surface area contributed by atoms with Crippen LogP contribution < -0.4 is 9.47 Å². The zero-order valence-corrected chi connectivity index (χ0v) is 19.3. The first-order valence-corrected chi connectivity index (χ1v) is 10.7. The Morgan fingerprint density at radius 3 is 2.61 bits per heavy atom. The fraction of sp³-hybridized carbons (Fsp3) is 0.417. The van der Waals surface area contributed by atoms with Crippen LogP contribution in [0.5, 0.6) is 11.5 Å². The van der Waals surface area contributed by atoms with Crippen LogP contribution in [0, 0.1) is 16.0 Å². The van der Waals surface area contributed by atoms with E-state index in [-0.39, 0.29) is 30.0 Å². The number of hydrogen-bond donors (Lipinski definition) is 0. The summed E-state index contributed by atoms with van der Waals surface area (Å²) in [5, 5.41) is 11.1. The smallest absolute Gasteiger partial charge is 0.269 e. The molecular weight excluding hydrogens is 426 g/mol. The van der Waals surface area contributed by atoms with Gasteiger partial charge in [0.1, 0.15) is 0 Å². The highest BCUT2D eigenvalue weighted by Crippen LogP contribution is 2.29. The first-order valence-electron chi connectivity index (χ1n) is 10.7. The lowest BCUT2D eigenvalue weighted by atomic mass is 10.0. The average molecular weight is 456 g/mol. The second-order valence-corrected chi connectivity index (χ2v) is 8.16. The van der Waals surface area contributed by atoms with E-state index in [0.29, 0.717) is 36.6 Å². The van der Waals surface area contributed by atoms with Crippen molar-refractivity contribution in [2.24, 2.45) is 5.92 Å². The largest absolute Gasteiger partial charge is 0.493 e. The number of benzene rings is 2. The van der Waals surface area contributed by atoms with Crippen LogP contribution in [-0.2, 0) is 16.0 Å². The van der Waals surface area contributed by atoms with Crippen LogP contribution in [0.25, 0.3) is 0 Å². The first kappa shape index (κ1) is 24.0. The third kappa shape index (κ3) is 5.42. The lowest BCUT2D eigenvalue weighted by Gasteiger charge is -2.27. The monoisotopic (exact) mass is 455 g/mol. The van der Waals surface area contributed by atoms with Gasteiger partial charge < -0.3 is 19.3 Å². The van der Waals surface area contributed by atoms with E-state index in [1.165, 1.54) is 12.1 Å². The minimum absolute atomic E-state index is 0.0161. The number of carbonyl (C=O) groups excluding carboxylic acids is 2. The summed E-state index contributed by atoms with van der Waals surface area (Å²) in [4.78, 5) is 39.5. The molecule has 1 saturated heterocycles. The van der Waals surface area contributed by atoms with E-state index in [4.69, 9.17) is 9.47 Å².